The number of hydrogen-bond donors (Lipinski definition) is 2. The highest BCUT2D eigenvalue weighted by Crippen LogP contribution is 2.49. The summed E-state index contributed by atoms with van der Waals surface area (Å²) in [5.41, 5.74) is 1.83. The first-order chi connectivity index (χ1) is 8.42. The second-order valence-corrected chi connectivity index (χ2v) is 6.48. The third-order valence-corrected chi connectivity index (χ3v) is 4.60. The van der Waals surface area contributed by atoms with Gasteiger partial charge in [-0.25, -0.2) is 0 Å². The summed E-state index contributed by atoms with van der Waals surface area (Å²) in [7, 11) is 0. The molecule has 0 saturated heterocycles. The predicted molar refractivity (Wildman–Crippen MR) is 76.3 cm³/mol. The molecule has 0 aromatic heterocycles. The summed E-state index contributed by atoms with van der Waals surface area (Å²) >= 11 is 3.41. The number of phenolic OH excluding ortho intramolecular Hbond substituents is 2. The highest BCUT2D eigenvalue weighted by molar-refractivity contribution is 9.10. The summed E-state index contributed by atoms with van der Waals surface area (Å²) < 4.78 is 0.719. The Hall–Kier alpha value is -1.22. The fourth-order valence-electron chi connectivity index (χ4n) is 2.99. The number of aromatic hydroxyl groups is 2. The van der Waals surface area contributed by atoms with Crippen molar-refractivity contribution in [2.45, 2.75) is 32.1 Å². The zero-order valence-electron chi connectivity index (χ0n) is 10.4. The molecule has 0 radical (unpaired) electrons. The highest BCUT2D eigenvalue weighted by atomic mass is 79.9. The normalized spacial score (nSPS) is 17.1. The van der Waals surface area contributed by atoms with Crippen LogP contribution in [0.2, 0.25) is 0 Å². The molecule has 0 saturated carbocycles. The molecule has 0 aliphatic heterocycles. The fraction of sp³-hybridized carbons (Fsp3) is 0.333. The Morgan fingerprint density at radius 1 is 1.22 bits per heavy atom. The van der Waals surface area contributed by atoms with Crippen molar-refractivity contribution in [1.82, 2.24) is 0 Å². The molecule has 3 heteroatoms. The van der Waals surface area contributed by atoms with Crippen LogP contribution in [0, 0.1) is 0 Å². The Morgan fingerprint density at radius 3 is 2.67 bits per heavy atom. The van der Waals surface area contributed by atoms with Gasteiger partial charge >= 0.3 is 0 Å². The highest BCUT2D eigenvalue weighted by Gasteiger charge is 2.33. The summed E-state index contributed by atoms with van der Waals surface area (Å²) in [6.45, 7) is 4.28. The van der Waals surface area contributed by atoms with E-state index >= 15 is 0 Å². The molecule has 94 valence electrons. The van der Waals surface area contributed by atoms with Crippen LogP contribution < -0.4 is 0 Å². The van der Waals surface area contributed by atoms with Crippen molar-refractivity contribution in [1.29, 1.82) is 0 Å². The largest absolute Gasteiger partial charge is 0.508 e. The van der Waals surface area contributed by atoms with E-state index in [-0.39, 0.29) is 5.41 Å². The number of rotatable bonds is 0. The van der Waals surface area contributed by atoms with Gasteiger partial charge in [0.2, 0.25) is 0 Å². The van der Waals surface area contributed by atoms with Gasteiger partial charge < -0.3 is 10.2 Å². The predicted octanol–water partition coefficient (Wildman–Crippen LogP) is 4.24. The van der Waals surface area contributed by atoms with E-state index in [4.69, 9.17) is 0 Å². The lowest BCUT2D eigenvalue weighted by Crippen LogP contribution is -2.23. The van der Waals surface area contributed by atoms with Crippen molar-refractivity contribution in [3.05, 3.63) is 33.8 Å². The first-order valence-electron chi connectivity index (χ1n) is 6.08. The van der Waals surface area contributed by atoms with Gasteiger partial charge in [-0.1, -0.05) is 19.9 Å². The van der Waals surface area contributed by atoms with Gasteiger partial charge in [0, 0.05) is 11.1 Å². The van der Waals surface area contributed by atoms with E-state index in [0.29, 0.717) is 11.5 Å². The van der Waals surface area contributed by atoms with E-state index in [2.05, 4.69) is 29.8 Å². The molecule has 2 aromatic rings. The molecule has 0 atom stereocenters. The lowest BCUT2D eigenvalue weighted by Gasteiger charge is -2.33. The summed E-state index contributed by atoms with van der Waals surface area (Å²) in [5, 5.41) is 22.4. The monoisotopic (exact) mass is 306 g/mol. The van der Waals surface area contributed by atoms with Crippen LogP contribution in [0.3, 0.4) is 0 Å². The van der Waals surface area contributed by atoms with Gasteiger partial charge in [-0.05, 0) is 57.1 Å². The van der Waals surface area contributed by atoms with Crippen LogP contribution in [0.15, 0.2) is 22.7 Å². The summed E-state index contributed by atoms with van der Waals surface area (Å²) in [4.78, 5) is 0. The lowest BCUT2D eigenvalue weighted by molar-refractivity contribution is 0.409. The van der Waals surface area contributed by atoms with Crippen LogP contribution in [0.25, 0.3) is 10.8 Å². The quantitative estimate of drug-likeness (QED) is 0.764. The minimum Gasteiger partial charge on any atom is -0.508 e. The summed E-state index contributed by atoms with van der Waals surface area (Å²) in [6, 6.07) is 5.56. The number of hydrogen-bond acceptors (Lipinski definition) is 2. The van der Waals surface area contributed by atoms with Crippen LogP contribution in [0.4, 0.5) is 0 Å². The minimum absolute atomic E-state index is 0.0765. The fourth-order valence-corrected chi connectivity index (χ4v) is 3.43. The molecule has 2 nitrogen and oxygen atoms in total. The SMILES string of the molecule is CC1(C)CCc2c(O)ccc3cc(Br)c(O)c1c23. The Kier molecular flexibility index (Phi) is 2.39. The molecule has 3 rings (SSSR count). The number of halogens is 1. The lowest BCUT2D eigenvalue weighted by atomic mass is 9.71. The molecule has 18 heavy (non-hydrogen) atoms. The molecule has 2 aromatic carbocycles. The minimum atomic E-state index is -0.0765. The number of phenols is 2. The van der Waals surface area contributed by atoms with Crippen molar-refractivity contribution in [3.63, 3.8) is 0 Å². The summed E-state index contributed by atoms with van der Waals surface area (Å²) in [6.07, 6.45) is 1.78. The smallest absolute Gasteiger partial charge is 0.134 e. The Balaban J connectivity index is 2.56. The van der Waals surface area contributed by atoms with Crippen molar-refractivity contribution in [2.24, 2.45) is 0 Å². The average molecular weight is 307 g/mol. The van der Waals surface area contributed by atoms with E-state index in [9.17, 15) is 10.2 Å². The Bertz CT molecular complexity index is 659. The molecule has 1 aliphatic carbocycles. The molecule has 0 fully saturated rings. The van der Waals surface area contributed by atoms with Crippen LogP contribution in [0.1, 0.15) is 31.4 Å². The maximum Gasteiger partial charge on any atom is 0.134 e. The van der Waals surface area contributed by atoms with E-state index < -0.39 is 0 Å². The molecule has 1 aliphatic rings. The second kappa shape index (κ2) is 3.64. The molecule has 0 heterocycles. The van der Waals surface area contributed by atoms with E-state index in [0.717, 1.165) is 39.2 Å². The van der Waals surface area contributed by atoms with Crippen LogP contribution in [-0.4, -0.2) is 10.2 Å². The maximum absolute atomic E-state index is 10.4. The zero-order valence-corrected chi connectivity index (χ0v) is 12.0. The summed E-state index contributed by atoms with van der Waals surface area (Å²) in [5.74, 6) is 0.639. The van der Waals surface area contributed by atoms with E-state index in [1.807, 2.05) is 12.1 Å². The molecule has 0 bridgehead atoms. The first kappa shape index (κ1) is 11.8. The van der Waals surface area contributed by atoms with Crippen molar-refractivity contribution in [2.75, 3.05) is 0 Å². The van der Waals surface area contributed by atoms with E-state index in [1.54, 1.807) is 6.07 Å². The molecule has 0 amide bonds. The Labute approximate surface area is 114 Å². The van der Waals surface area contributed by atoms with Gasteiger partial charge in [-0.15, -0.1) is 0 Å². The first-order valence-corrected chi connectivity index (χ1v) is 6.87. The van der Waals surface area contributed by atoms with Crippen molar-refractivity contribution in [3.8, 4) is 11.5 Å². The molecule has 0 unspecified atom stereocenters. The van der Waals surface area contributed by atoms with Gasteiger partial charge in [-0.3, -0.25) is 0 Å². The number of aryl methyl sites for hydroxylation is 1. The maximum atomic E-state index is 10.4. The van der Waals surface area contributed by atoms with Gasteiger partial charge in [0.1, 0.15) is 11.5 Å². The number of benzene rings is 2. The molecular weight excluding hydrogens is 292 g/mol. The standard InChI is InChI=1S/C15H15BrO2/c1-15(2)6-5-9-11(17)4-3-8-7-10(16)14(18)13(15)12(8)9/h3-4,7,17-18H,5-6H2,1-2H3. The van der Waals surface area contributed by atoms with E-state index in [1.165, 1.54) is 0 Å². The Morgan fingerprint density at radius 2 is 1.94 bits per heavy atom. The van der Waals surface area contributed by atoms with Gasteiger partial charge in [0.05, 0.1) is 4.47 Å². The molecular formula is C15H15BrO2. The van der Waals surface area contributed by atoms with Gasteiger partial charge in [0.15, 0.2) is 0 Å². The van der Waals surface area contributed by atoms with Crippen LogP contribution in [0.5, 0.6) is 11.5 Å². The van der Waals surface area contributed by atoms with Crippen LogP contribution in [-0.2, 0) is 11.8 Å². The second-order valence-electron chi connectivity index (χ2n) is 5.63. The third-order valence-electron chi connectivity index (χ3n) is 3.99. The third kappa shape index (κ3) is 1.46. The van der Waals surface area contributed by atoms with Crippen LogP contribution >= 0.6 is 15.9 Å². The average Bonchev–Trinajstić information content (AvgIpc) is 2.29. The van der Waals surface area contributed by atoms with Crippen molar-refractivity contribution < 1.29 is 10.2 Å². The topological polar surface area (TPSA) is 40.5 Å². The van der Waals surface area contributed by atoms with Gasteiger partial charge in [0.25, 0.3) is 0 Å². The van der Waals surface area contributed by atoms with Gasteiger partial charge in [-0.2, -0.15) is 0 Å². The van der Waals surface area contributed by atoms with Crippen molar-refractivity contribution >= 4 is 26.7 Å². The zero-order chi connectivity index (χ0) is 13.1. The molecule has 2 N–H and O–H groups in total. The molecule has 0 spiro atoms.